The molecule has 0 aliphatic heterocycles. The normalized spacial score (nSPS) is 14.7. The van der Waals surface area contributed by atoms with Gasteiger partial charge in [-0.2, -0.15) is 0 Å². The minimum absolute atomic E-state index is 0.00358. The summed E-state index contributed by atoms with van der Waals surface area (Å²) in [4.78, 5) is 65.1. The number of aromatic nitrogens is 1. The lowest BCUT2D eigenvalue weighted by molar-refractivity contribution is -0.141. The maximum Gasteiger partial charge on any atom is 0.410 e. The molecule has 10 nitrogen and oxygen atoms in total. The molecule has 0 spiro atoms. The van der Waals surface area contributed by atoms with Crippen molar-refractivity contribution >= 4 is 36.6 Å². The average molecular weight is 617 g/mol. The molecule has 11 heteroatoms. The lowest BCUT2D eigenvalue weighted by Crippen LogP contribution is -2.43. The zero-order chi connectivity index (χ0) is 31.1. The zero-order valence-electron chi connectivity index (χ0n) is 24.0. The smallest absolute Gasteiger partial charge is 0.410 e. The number of aliphatic carboxylic acids is 1. The number of amides is 2. The van der Waals surface area contributed by atoms with Gasteiger partial charge in [-0.25, -0.2) is 19.4 Å². The van der Waals surface area contributed by atoms with Gasteiger partial charge in [0.05, 0.1) is 5.57 Å². The van der Waals surface area contributed by atoms with Crippen LogP contribution in [0.4, 0.5) is 4.79 Å². The zero-order valence-corrected chi connectivity index (χ0v) is 24.9. The van der Waals surface area contributed by atoms with Gasteiger partial charge in [-0.05, 0) is 35.6 Å². The Morgan fingerprint density at radius 3 is 2.20 bits per heavy atom. The van der Waals surface area contributed by atoms with Crippen molar-refractivity contribution < 1.29 is 34.0 Å². The first-order chi connectivity index (χ1) is 21.2. The molecule has 1 aliphatic carbocycles. The van der Waals surface area contributed by atoms with Crippen molar-refractivity contribution in [2.75, 3.05) is 0 Å². The number of carbonyl (C=O) groups is 3. The van der Waals surface area contributed by atoms with Crippen LogP contribution in [0.2, 0.25) is 0 Å². The molecule has 5 rings (SSSR count). The molecule has 44 heavy (non-hydrogen) atoms. The molecule has 1 aromatic heterocycles. The minimum atomic E-state index is -4.13. The summed E-state index contributed by atoms with van der Waals surface area (Å²) in [6.07, 6.45) is 1.99. The van der Waals surface area contributed by atoms with Crippen LogP contribution < -0.4 is 10.6 Å². The largest absolute Gasteiger partial charge is 0.480 e. The minimum Gasteiger partial charge on any atom is -0.480 e. The number of carboxylic acid groups (broad SMARTS) is 1. The van der Waals surface area contributed by atoms with Crippen molar-refractivity contribution in [3.63, 3.8) is 0 Å². The van der Waals surface area contributed by atoms with Crippen LogP contribution in [0.1, 0.15) is 36.0 Å². The Bertz CT molecular complexity index is 1650. The number of hydrogen-bond donors (Lipinski definition) is 6. The van der Waals surface area contributed by atoms with Crippen LogP contribution in [0, 0.1) is 0 Å². The first kappa shape index (κ1) is 30.9. The molecule has 6 N–H and O–H groups in total. The van der Waals surface area contributed by atoms with E-state index in [-0.39, 0.29) is 43.2 Å². The van der Waals surface area contributed by atoms with Crippen molar-refractivity contribution in [2.24, 2.45) is 0 Å². The third kappa shape index (κ3) is 7.34. The van der Waals surface area contributed by atoms with Gasteiger partial charge in [0.25, 0.3) is 5.91 Å². The third-order valence-electron chi connectivity index (χ3n) is 7.77. The first-order valence-electron chi connectivity index (χ1n) is 14.4. The molecule has 0 saturated heterocycles. The number of allylic oxidation sites excluding steroid dienone is 1. The monoisotopic (exact) mass is 616 g/mol. The van der Waals surface area contributed by atoms with Crippen molar-refractivity contribution in [1.82, 2.24) is 15.6 Å². The fraction of sp³-hybridized carbons (Fsp3) is 0.242. The molecule has 0 radical (unpaired) electrons. The topological polar surface area (TPSA) is 161 Å². The maximum atomic E-state index is 13.5. The van der Waals surface area contributed by atoms with Gasteiger partial charge in [0, 0.05) is 36.4 Å². The van der Waals surface area contributed by atoms with Crippen LogP contribution in [0.3, 0.4) is 0 Å². The van der Waals surface area contributed by atoms with E-state index in [1.807, 2.05) is 72.8 Å². The standard InChI is InChI=1S/C33H34N3O7P/c37-31(35-28(32(38)39)19-24-20-34-27-16-8-7-14-25(24)27)26-15-9-17-29(26)44(41,42)30(18-22-10-3-1-4-11-22)36-33(40)43-21-23-12-5-2-6-13-23/h1-8,10-14,16,20,28,30,34,41-42H,9,15,17-19,21H2,(H2-,35,36,37,38,39,40)/p+1. The van der Waals surface area contributed by atoms with Gasteiger partial charge in [0.2, 0.25) is 5.78 Å². The highest BCUT2D eigenvalue weighted by Gasteiger charge is 2.53. The van der Waals surface area contributed by atoms with E-state index < -0.39 is 37.5 Å². The molecule has 1 aliphatic rings. The van der Waals surface area contributed by atoms with E-state index in [0.29, 0.717) is 6.42 Å². The van der Waals surface area contributed by atoms with Gasteiger partial charge in [0.15, 0.2) is 0 Å². The molecular formula is C33H35N3O7P+. The van der Waals surface area contributed by atoms with Crippen molar-refractivity contribution in [1.29, 1.82) is 0 Å². The SMILES string of the molecule is O=C(NC(Cc1ccccc1)[P+](O)(O)C1=C(C(=O)NC(Cc2c[nH]c3ccccc23)C(=O)O)CCC1)OCc1ccccc1. The van der Waals surface area contributed by atoms with E-state index in [2.05, 4.69) is 15.6 Å². The fourth-order valence-corrected chi connectivity index (χ4v) is 7.72. The van der Waals surface area contributed by atoms with Gasteiger partial charge >= 0.3 is 19.8 Å². The molecule has 228 valence electrons. The van der Waals surface area contributed by atoms with Crippen LogP contribution in [-0.4, -0.2) is 49.7 Å². The number of aromatic amines is 1. The van der Waals surface area contributed by atoms with Crippen molar-refractivity contribution in [2.45, 2.75) is 50.5 Å². The Hall–Kier alpha value is -4.50. The summed E-state index contributed by atoms with van der Waals surface area (Å²) in [6, 6.07) is 24.4. The van der Waals surface area contributed by atoms with E-state index in [0.717, 1.165) is 27.6 Å². The Kier molecular flexibility index (Phi) is 9.75. The second-order valence-electron chi connectivity index (χ2n) is 10.8. The van der Waals surface area contributed by atoms with Crippen LogP contribution in [-0.2, 0) is 33.8 Å². The van der Waals surface area contributed by atoms with E-state index in [4.69, 9.17) is 4.74 Å². The molecular weight excluding hydrogens is 581 g/mol. The molecule has 2 atom stereocenters. The van der Waals surface area contributed by atoms with E-state index in [1.165, 1.54) is 0 Å². The van der Waals surface area contributed by atoms with Gasteiger partial charge in [-0.15, -0.1) is 0 Å². The Labute approximate surface area is 255 Å². The van der Waals surface area contributed by atoms with Crippen molar-refractivity contribution in [3.05, 3.63) is 119 Å². The molecule has 4 aromatic rings. The quantitative estimate of drug-likeness (QED) is 0.122. The van der Waals surface area contributed by atoms with Crippen LogP contribution >= 0.6 is 7.72 Å². The number of benzene rings is 3. The molecule has 2 unspecified atom stereocenters. The first-order valence-corrected chi connectivity index (χ1v) is 16.2. The predicted molar refractivity (Wildman–Crippen MR) is 168 cm³/mol. The number of H-pyrrole nitrogens is 1. The summed E-state index contributed by atoms with van der Waals surface area (Å²) in [6.45, 7) is -0.00358. The molecule has 0 fully saturated rings. The van der Waals surface area contributed by atoms with E-state index in [1.54, 1.807) is 18.3 Å². The average Bonchev–Trinajstić information content (AvgIpc) is 3.69. The number of ether oxygens (including phenoxy) is 1. The lowest BCUT2D eigenvalue weighted by atomic mass is 10.0. The Morgan fingerprint density at radius 1 is 0.841 bits per heavy atom. The van der Waals surface area contributed by atoms with Crippen molar-refractivity contribution in [3.8, 4) is 0 Å². The van der Waals surface area contributed by atoms with Crippen LogP contribution in [0.25, 0.3) is 10.9 Å². The number of fused-ring (bicyclic) bond motifs is 1. The summed E-state index contributed by atoms with van der Waals surface area (Å²) < 4.78 is 5.37. The molecule has 1 heterocycles. The summed E-state index contributed by atoms with van der Waals surface area (Å²) in [5, 5.41) is 16.2. The predicted octanol–water partition coefficient (Wildman–Crippen LogP) is 5.05. The highest BCUT2D eigenvalue weighted by Crippen LogP contribution is 2.66. The molecule has 0 bridgehead atoms. The summed E-state index contributed by atoms with van der Waals surface area (Å²) >= 11 is 0. The van der Waals surface area contributed by atoms with Gasteiger partial charge in [0.1, 0.15) is 18.0 Å². The van der Waals surface area contributed by atoms with Crippen LogP contribution in [0.5, 0.6) is 0 Å². The number of para-hydroxylation sites is 1. The van der Waals surface area contributed by atoms with E-state index in [9.17, 15) is 29.3 Å². The van der Waals surface area contributed by atoms with Gasteiger partial charge in [-0.1, -0.05) is 78.9 Å². The second-order valence-corrected chi connectivity index (χ2v) is 13.2. The maximum absolute atomic E-state index is 13.5. The fourth-order valence-electron chi connectivity index (χ4n) is 5.50. The number of carboxylic acids is 1. The van der Waals surface area contributed by atoms with Gasteiger partial charge in [-0.3, -0.25) is 10.1 Å². The number of carbonyl (C=O) groups excluding carboxylic acids is 2. The summed E-state index contributed by atoms with van der Waals surface area (Å²) in [5.74, 6) is -3.03. The highest BCUT2D eigenvalue weighted by molar-refractivity contribution is 7.69. The molecule has 0 saturated carbocycles. The summed E-state index contributed by atoms with van der Waals surface area (Å²) in [5.41, 5.74) is 3.26. The number of nitrogens with one attached hydrogen (secondary N) is 3. The van der Waals surface area contributed by atoms with Gasteiger partial charge < -0.3 is 20.1 Å². The summed E-state index contributed by atoms with van der Waals surface area (Å²) in [7, 11) is -4.13. The molecule has 3 aromatic carbocycles. The Morgan fingerprint density at radius 2 is 1.50 bits per heavy atom. The number of alkyl carbamates (subject to hydrolysis) is 1. The lowest BCUT2D eigenvalue weighted by Gasteiger charge is -2.25. The number of rotatable bonds is 12. The third-order valence-corrected chi connectivity index (χ3v) is 10.2. The van der Waals surface area contributed by atoms with E-state index >= 15 is 0 Å². The Balaban J connectivity index is 1.36. The van der Waals surface area contributed by atoms with Crippen LogP contribution in [0.15, 0.2) is 102 Å². The highest BCUT2D eigenvalue weighted by atomic mass is 31.2. The second kappa shape index (κ2) is 13.9. The molecule has 2 amide bonds. The number of hydrogen-bond acceptors (Lipinski definition) is 6.